The molecule has 3 rings (SSSR count). The summed E-state index contributed by atoms with van der Waals surface area (Å²) in [6.45, 7) is 2.06. The van der Waals surface area contributed by atoms with Crippen LogP contribution in [0.3, 0.4) is 0 Å². The van der Waals surface area contributed by atoms with E-state index in [1.54, 1.807) is 13.0 Å². The summed E-state index contributed by atoms with van der Waals surface area (Å²) in [7, 11) is 1.48. The number of carbonyl (C=O) groups is 1. The Balaban J connectivity index is 2.11. The molecule has 0 saturated carbocycles. The molecule has 9 heteroatoms. The van der Waals surface area contributed by atoms with E-state index in [1.807, 2.05) is 30.3 Å². The molecule has 0 bridgehead atoms. The molecule has 0 spiro atoms. The lowest BCUT2D eigenvalue weighted by Crippen LogP contribution is -2.42. The molecule has 9 nitrogen and oxygen atoms in total. The van der Waals surface area contributed by atoms with Crippen molar-refractivity contribution in [3.05, 3.63) is 80.4 Å². The van der Waals surface area contributed by atoms with Gasteiger partial charge in [0.15, 0.2) is 11.4 Å². The number of amides is 1. The fourth-order valence-corrected chi connectivity index (χ4v) is 2.97. The third kappa shape index (κ3) is 4.14. The Bertz CT molecular complexity index is 1110. The second kappa shape index (κ2) is 8.61. The zero-order valence-corrected chi connectivity index (χ0v) is 16.2. The van der Waals surface area contributed by atoms with E-state index in [4.69, 9.17) is 14.9 Å². The Morgan fingerprint density at radius 2 is 1.97 bits per heavy atom. The van der Waals surface area contributed by atoms with Gasteiger partial charge in [-0.3, -0.25) is 24.0 Å². The molecule has 0 aliphatic heterocycles. The maximum Gasteiger partial charge on any atom is 0.330 e. The van der Waals surface area contributed by atoms with Gasteiger partial charge < -0.3 is 14.9 Å². The monoisotopic (exact) mass is 398 g/mol. The molecule has 2 aromatic heterocycles. The van der Waals surface area contributed by atoms with Crippen molar-refractivity contribution in [2.45, 2.75) is 13.5 Å². The van der Waals surface area contributed by atoms with Crippen LogP contribution in [0.25, 0.3) is 0 Å². The van der Waals surface area contributed by atoms with Crippen LogP contribution >= 0.6 is 0 Å². The fraction of sp³-hybridized carbons (Fsp3) is 0.250. The molecule has 0 radical (unpaired) electrons. The molecule has 2 heterocycles. The highest BCUT2D eigenvalue weighted by Gasteiger charge is 2.27. The Morgan fingerprint density at radius 1 is 1.24 bits per heavy atom. The number of nitrogen functional groups attached to an aromatic ring is 1. The summed E-state index contributed by atoms with van der Waals surface area (Å²) in [5.41, 5.74) is 6.10. The maximum atomic E-state index is 13.1. The van der Waals surface area contributed by atoms with Gasteiger partial charge >= 0.3 is 5.69 Å². The lowest BCUT2D eigenvalue weighted by molar-refractivity contribution is 0.0948. The number of benzene rings is 1. The zero-order valence-electron chi connectivity index (χ0n) is 16.2. The average Bonchev–Trinajstić information content (AvgIpc) is 3.13. The van der Waals surface area contributed by atoms with Gasteiger partial charge in [0, 0.05) is 12.7 Å². The molecular formula is C20H22N4O5. The van der Waals surface area contributed by atoms with Gasteiger partial charge in [-0.25, -0.2) is 4.79 Å². The van der Waals surface area contributed by atoms with Gasteiger partial charge in [-0.1, -0.05) is 30.3 Å². The molecule has 0 aliphatic carbocycles. The van der Waals surface area contributed by atoms with Crippen LogP contribution in [0.15, 0.2) is 56.7 Å². The summed E-state index contributed by atoms with van der Waals surface area (Å²) >= 11 is 0. The number of nitrogens with zero attached hydrogens (tertiary/aromatic N) is 2. The van der Waals surface area contributed by atoms with E-state index in [-0.39, 0.29) is 37.0 Å². The minimum Gasteiger partial charge on any atom is -0.459 e. The number of hydrogen-bond donors (Lipinski definition) is 2. The van der Waals surface area contributed by atoms with Crippen LogP contribution in [0.4, 0.5) is 11.5 Å². The third-order valence-corrected chi connectivity index (χ3v) is 4.49. The minimum atomic E-state index is -0.759. The van der Waals surface area contributed by atoms with Gasteiger partial charge in [-0.2, -0.15) is 0 Å². The van der Waals surface area contributed by atoms with Crippen molar-refractivity contribution in [1.82, 2.24) is 9.55 Å². The molecule has 0 saturated heterocycles. The van der Waals surface area contributed by atoms with Gasteiger partial charge in [-0.15, -0.1) is 0 Å². The Labute approximate surface area is 166 Å². The topological polar surface area (TPSA) is 124 Å². The first kappa shape index (κ1) is 20.2. The van der Waals surface area contributed by atoms with E-state index in [1.165, 1.54) is 22.8 Å². The molecule has 0 fully saturated rings. The normalized spacial score (nSPS) is 10.8. The van der Waals surface area contributed by atoms with Crippen molar-refractivity contribution in [3.63, 3.8) is 0 Å². The first-order chi connectivity index (χ1) is 13.9. The highest BCUT2D eigenvalue weighted by molar-refractivity contribution is 6.06. The van der Waals surface area contributed by atoms with E-state index in [2.05, 4.69) is 4.98 Å². The smallest absolute Gasteiger partial charge is 0.330 e. The number of methoxy groups -OCH3 is 1. The van der Waals surface area contributed by atoms with Crippen molar-refractivity contribution < 1.29 is 13.9 Å². The molecule has 3 aromatic rings. The van der Waals surface area contributed by atoms with Crippen LogP contribution in [0.2, 0.25) is 0 Å². The molecule has 0 atom stereocenters. The zero-order chi connectivity index (χ0) is 21.0. The Kier molecular flexibility index (Phi) is 5.99. The summed E-state index contributed by atoms with van der Waals surface area (Å²) in [6.07, 6.45) is 1.39. The Hall–Kier alpha value is -3.59. The summed E-state index contributed by atoms with van der Waals surface area (Å²) in [6, 6.07) is 10.8. The molecule has 1 aromatic carbocycles. The standard InChI is InChI=1S/C20H22N4O5/c1-13-8-10-29-16(13)19(26)23(9-11-28-2)15-17(21)24(20(27)22-18(15)25)12-14-6-4-3-5-7-14/h3-8,10H,9,11-12,21H2,1-2H3,(H,22,25,27). The third-order valence-electron chi connectivity index (χ3n) is 4.49. The lowest BCUT2D eigenvalue weighted by Gasteiger charge is -2.23. The molecule has 0 unspecified atom stereocenters. The second-order valence-corrected chi connectivity index (χ2v) is 6.45. The molecule has 1 amide bonds. The fourth-order valence-electron chi connectivity index (χ4n) is 2.97. The highest BCUT2D eigenvalue weighted by atomic mass is 16.5. The van der Waals surface area contributed by atoms with Crippen molar-refractivity contribution in [3.8, 4) is 0 Å². The minimum absolute atomic E-state index is 0.0479. The number of rotatable bonds is 7. The van der Waals surface area contributed by atoms with E-state index >= 15 is 0 Å². The molecule has 152 valence electrons. The van der Waals surface area contributed by atoms with Crippen LogP contribution in [0.1, 0.15) is 21.7 Å². The van der Waals surface area contributed by atoms with Crippen LogP contribution in [0.5, 0.6) is 0 Å². The van der Waals surface area contributed by atoms with E-state index in [0.717, 1.165) is 5.56 Å². The van der Waals surface area contributed by atoms with Crippen LogP contribution in [-0.2, 0) is 11.3 Å². The van der Waals surface area contributed by atoms with E-state index in [0.29, 0.717) is 5.56 Å². The summed E-state index contributed by atoms with van der Waals surface area (Å²) in [5.74, 6) is -0.580. The van der Waals surface area contributed by atoms with Crippen LogP contribution in [0, 0.1) is 6.92 Å². The number of anilines is 2. The number of H-pyrrole nitrogens is 1. The SMILES string of the molecule is COCCN(C(=O)c1occc1C)c1c(N)n(Cc2ccccc2)c(=O)[nH]c1=O. The number of nitrogens with one attached hydrogen (secondary N) is 1. The number of aromatic nitrogens is 2. The first-order valence-corrected chi connectivity index (χ1v) is 8.95. The number of carbonyl (C=O) groups excluding carboxylic acids is 1. The highest BCUT2D eigenvalue weighted by Crippen LogP contribution is 2.21. The summed E-state index contributed by atoms with van der Waals surface area (Å²) < 4.78 is 11.6. The second-order valence-electron chi connectivity index (χ2n) is 6.45. The predicted octanol–water partition coefficient (Wildman–Crippen LogP) is 1.36. The molecule has 3 N–H and O–H groups in total. The van der Waals surface area contributed by atoms with Crippen molar-refractivity contribution in [1.29, 1.82) is 0 Å². The van der Waals surface area contributed by atoms with E-state index in [9.17, 15) is 14.4 Å². The number of furan rings is 1. The van der Waals surface area contributed by atoms with Crippen molar-refractivity contribution in [2.75, 3.05) is 30.9 Å². The predicted molar refractivity (Wildman–Crippen MR) is 108 cm³/mol. The average molecular weight is 398 g/mol. The maximum absolute atomic E-state index is 13.1. The molecule has 0 aliphatic rings. The van der Waals surface area contributed by atoms with Gasteiger partial charge in [-0.05, 0) is 18.6 Å². The summed E-state index contributed by atoms with van der Waals surface area (Å²) in [5, 5.41) is 0. The van der Waals surface area contributed by atoms with Gasteiger partial charge in [0.05, 0.1) is 26.0 Å². The van der Waals surface area contributed by atoms with E-state index < -0.39 is 17.2 Å². The van der Waals surface area contributed by atoms with Gasteiger partial charge in [0.25, 0.3) is 11.5 Å². The number of hydrogen-bond acceptors (Lipinski definition) is 6. The first-order valence-electron chi connectivity index (χ1n) is 8.95. The van der Waals surface area contributed by atoms with Crippen molar-refractivity contribution in [2.24, 2.45) is 0 Å². The quantitative estimate of drug-likeness (QED) is 0.619. The summed E-state index contributed by atoms with van der Waals surface area (Å²) in [4.78, 5) is 41.5. The number of aromatic amines is 1. The van der Waals surface area contributed by atoms with Gasteiger partial charge in [0.2, 0.25) is 0 Å². The number of ether oxygens (including phenoxy) is 1. The van der Waals surface area contributed by atoms with Crippen LogP contribution in [-0.4, -0.2) is 35.7 Å². The molecule has 29 heavy (non-hydrogen) atoms. The number of aryl methyl sites for hydroxylation is 1. The number of nitrogens with two attached hydrogens (primary N) is 1. The van der Waals surface area contributed by atoms with Crippen LogP contribution < -0.4 is 21.9 Å². The Morgan fingerprint density at radius 3 is 2.59 bits per heavy atom. The largest absolute Gasteiger partial charge is 0.459 e. The van der Waals surface area contributed by atoms with Gasteiger partial charge in [0.1, 0.15) is 5.82 Å². The molecular weight excluding hydrogens is 376 g/mol. The van der Waals surface area contributed by atoms with Crippen molar-refractivity contribution >= 4 is 17.4 Å². The lowest BCUT2D eigenvalue weighted by atomic mass is 10.2.